The number of hydrogen-bond donors (Lipinski definition) is 0. The zero-order valence-corrected chi connectivity index (χ0v) is 17.7. The monoisotopic (exact) mass is 418 g/mol. The Balaban J connectivity index is 1.69. The SMILES string of the molecule is COc1ccc2cc(C(=O)N3CCCc4ccccc43)c(=O)n3c2c1OCCCCC3. The van der Waals surface area contributed by atoms with Gasteiger partial charge in [0.25, 0.3) is 11.5 Å². The molecule has 1 amide bonds. The van der Waals surface area contributed by atoms with Crippen LogP contribution in [0, 0.1) is 0 Å². The minimum absolute atomic E-state index is 0.208. The smallest absolute Gasteiger partial charge is 0.264 e. The molecule has 1 aromatic heterocycles. The zero-order valence-electron chi connectivity index (χ0n) is 17.7. The summed E-state index contributed by atoms with van der Waals surface area (Å²) >= 11 is 0. The van der Waals surface area contributed by atoms with E-state index in [0.717, 1.165) is 48.7 Å². The van der Waals surface area contributed by atoms with E-state index in [4.69, 9.17) is 9.47 Å². The quantitative estimate of drug-likeness (QED) is 0.627. The van der Waals surface area contributed by atoms with Crippen LogP contribution in [0.4, 0.5) is 5.69 Å². The molecule has 0 N–H and O–H groups in total. The lowest BCUT2D eigenvalue weighted by Crippen LogP contribution is -2.39. The van der Waals surface area contributed by atoms with Crippen LogP contribution in [0.1, 0.15) is 41.6 Å². The van der Waals surface area contributed by atoms with Gasteiger partial charge in [0.05, 0.1) is 19.2 Å². The molecule has 0 saturated carbocycles. The second-order valence-corrected chi connectivity index (χ2v) is 8.15. The van der Waals surface area contributed by atoms with Gasteiger partial charge in [0.2, 0.25) is 0 Å². The van der Waals surface area contributed by atoms with Crippen molar-refractivity contribution in [3.8, 4) is 11.5 Å². The highest BCUT2D eigenvalue weighted by Crippen LogP contribution is 2.36. The number of benzene rings is 2. The van der Waals surface area contributed by atoms with Crippen LogP contribution in [0.5, 0.6) is 11.5 Å². The largest absolute Gasteiger partial charge is 0.493 e. The van der Waals surface area contributed by atoms with E-state index in [9.17, 15) is 9.59 Å². The number of aryl methyl sites for hydroxylation is 2. The molecule has 160 valence electrons. The molecule has 5 rings (SSSR count). The van der Waals surface area contributed by atoms with Crippen LogP contribution >= 0.6 is 0 Å². The number of hydrogen-bond acceptors (Lipinski definition) is 4. The van der Waals surface area contributed by atoms with Crippen LogP contribution in [0.3, 0.4) is 0 Å². The lowest BCUT2D eigenvalue weighted by molar-refractivity contribution is 0.0983. The highest BCUT2D eigenvalue weighted by Gasteiger charge is 2.27. The van der Waals surface area contributed by atoms with Gasteiger partial charge in [-0.25, -0.2) is 0 Å². The molecule has 0 radical (unpaired) electrons. The maximum absolute atomic E-state index is 13.6. The first kappa shape index (κ1) is 19.7. The maximum atomic E-state index is 13.6. The summed E-state index contributed by atoms with van der Waals surface area (Å²) in [5.74, 6) is 0.953. The molecule has 0 bridgehead atoms. The third-order valence-electron chi connectivity index (χ3n) is 6.25. The van der Waals surface area contributed by atoms with Crippen molar-refractivity contribution in [2.24, 2.45) is 0 Å². The molecule has 3 heterocycles. The minimum atomic E-state index is -0.263. The molecule has 2 aliphatic rings. The highest BCUT2D eigenvalue weighted by molar-refractivity contribution is 6.08. The molecule has 0 fully saturated rings. The van der Waals surface area contributed by atoms with Crippen molar-refractivity contribution in [2.75, 3.05) is 25.2 Å². The predicted molar refractivity (Wildman–Crippen MR) is 121 cm³/mol. The first-order chi connectivity index (χ1) is 15.2. The topological polar surface area (TPSA) is 60.8 Å². The second-order valence-electron chi connectivity index (χ2n) is 8.15. The average Bonchev–Trinajstić information content (AvgIpc) is 2.92. The number of amides is 1. The molecule has 31 heavy (non-hydrogen) atoms. The van der Waals surface area contributed by atoms with Gasteiger partial charge >= 0.3 is 0 Å². The van der Waals surface area contributed by atoms with E-state index in [0.29, 0.717) is 36.7 Å². The van der Waals surface area contributed by atoms with E-state index in [1.165, 1.54) is 0 Å². The van der Waals surface area contributed by atoms with Gasteiger partial charge in [-0.05, 0) is 61.9 Å². The fraction of sp³-hybridized carbons (Fsp3) is 0.360. The van der Waals surface area contributed by atoms with Crippen LogP contribution in [-0.4, -0.2) is 30.7 Å². The summed E-state index contributed by atoms with van der Waals surface area (Å²) in [6.45, 7) is 1.75. The van der Waals surface area contributed by atoms with Crippen molar-refractivity contribution in [1.29, 1.82) is 0 Å². The first-order valence-electron chi connectivity index (χ1n) is 11.0. The normalized spacial score (nSPS) is 16.0. The van der Waals surface area contributed by atoms with Crippen molar-refractivity contribution in [2.45, 2.75) is 38.6 Å². The van der Waals surface area contributed by atoms with Crippen LogP contribution in [0.2, 0.25) is 0 Å². The van der Waals surface area contributed by atoms with Gasteiger partial charge in [0.1, 0.15) is 5.56 Å². The number of aromatic nitrogens is 1. The lowest BCUT2D eigenvalue weighted by atomic mass is 10.0. The predicted octanol–water partition coefficient (Wildman–Crippen LogP) is 4.17. The van der Waals surface area contributed by atoms with Gasteiger partial charge in [0.15, 0.2) is 11.5 Å². The number of carbonyl (C=O) groups is 1. The maximum Gasteiger partial charge on any atom is 0.264 e. The van der Waals surface area contributed by atoms with Crippen LogP contribution in [0.15, 0.2) is 47.3 Å². The Morgan fingerprint density at radius 1 is 1.03 bits per heavy atom. The summed E-state index contributed by atoms with van der Waals surface area (Å²) in [4.78, 5) is 28.9. The second kappa shape index (κ2) is 8.10. The average molecular weight is 418 g/mol. The summed E-state index contributed by atoms with van der Waals surface area (Å²) in [6.07, 6.45) is 4.57. The number of ether oxygens (including phenoxy) is 2. The molecule has 6 heteroatoms. The van der Waals surface area contributed by atoms with E-state index in [1.807, 2.05) is 30.3 Å². The molecule has 2 aliphatic heterocycles. The Morgan fingerprint density at radius 3 is 2.77 bits per heavy atom. The number of para-hydroxylation sites is 1. The van der Waals surface area contributed by atoms with Crippen molar-refractivity contribution in [3.05, 3.63) is 63.9 Å². The summed E-state index contributed by atoms with van der Waals surface area (Å²) in [7, 11) is 1.60. The van der Waals surface area contributed by atoms with Crippen molar-refractivity contribution < 1.29 is 14.3 Å². The molecular formula is C25H26N2O4. The van der Waals surface area contributed by atoms with E-state index >= 15 is 0 Å². The summed E-state index contributed by atoms with van der Waals surface area (Å²) in [5, 5.41) is 0.811. The first-order valence-corrected chi connectivity index (χ1v) is 11.0. The number of pyridine rings is 1. The van der Waals surface area contributed by atoms with Gasteiger partial charge < -0.3 is 18.9 Å². The number of carbonyl (C=O) groups excluding carboxylic acids is 1. The molecule has 2 aromatic carbocycles. The molecule has 0 aliphatic carbocycles. The highest BCUT2D eigenvalue weighted by atomic mass is 16.5. The Labute approximate surface area is 181 Å². The molecule has 3 aromatic rings. The summed E-state index contributed by atoms with van der Waals surface area (Å²) in [5.41, 5.74) is 2.71. The van der Waals surface area contributed by atoms with Crippen molar-refractivity contribution >= 4 is 22.5 Å². The van der Waals surface area contributed by atoms with Gasteiger partial charge in [0, 0.05) is 24.2 Å². The van der Waals surface area contributed by atoms with E-state index in [2.05, 4.69) is 6.07 Å². The van der Waals surface area contributed by atoms with Crippen LogP contribution < -0.4 is 19.9 Å². The number of rotatable bonds is 2. The Hall–Kier alpha value is -3.28. The Bertz CT molecular complexity index is 1210. The Kier molecular flexibility index (Phi) is 5.14. The van der Waals surface area contributed by atoms with E-state index in [-0.39, 0.29) is 17.0 Å². The van der Waals surface area contributed by atoms with Crippen LogP contribution in [-0.2, 0) is 13.0 Å². The molecule has 0 saturated heterocycles. The molecule has 0 atom stereocenters. The van der Waals surface area contributed by atoms with Gasteiger partial charge in [-0.1, -0.05) is 18.2 Å². The zero-order chi connectivity index (χ0) is 21.4. The fourth-order valence-corrected chi connectivity index (χ4v) is 4.71. The summed E-state index contributed by atoms with van der Waals surface area (Å²) < 4.78 is 13.3. The fourth-order valence-electron chi connectivity index (χ4n) is 4.71. The van der Waals surface area contributed by atoms with Gasteiger partial charge in [-0.3, -0.25) is 9.59 Å². The number of methoxy groups -OCH3 is 1. The van der Waals surface area contributed by atoms with E-state index < -0.39 is 0 Å². The molecule has 0 unspecified atom stereocenters. The van der Waals surface area contributed by atoms with Gasteiger partial charge in [-0.15, -0.1) is 0 Å². The van der Waals surface area contributed by atoms with Gasteiger partial charge in [-0.2, -0.15) is 0 Å². The molecule has 0 spiro atoms. The number of anilines is 1. The van der Waals surface area contributed by atoms with Crippen molar-refractivity contribution in [1.82, 2.24) is 4.57 Å². The molecule has 6 nitrogen and oxygen atoms in total. The third-order valence-corrected chi connectivity index (χ3v) is 6.25. The standard InChI is InChI=1S/C25H26N2O4/c1-30-21-12-11-18-16-19(24(28)26-14-7-9-17-8-3-4-10-20(17)26)25(29)27-13-5-2-6-15-31-23(21)22(18)27/h3-4,8,10-12,16H,2,5-7,9,13-15H2,1H3. The lowest BCUT2D eigenvalue weighted by Gasteiger charge is -2.29. The number of fused-ring (bicyclic) bond motifs is 1. The molecular weight excluding hydrogens is 392 g/mol. The van der Waals surface area contributed by atoms with Crippen LogP contribution in [0.25, 0.3) is 10.9 Å². The summed E-state index contributed by atoms with van der Waals surface area (Å²) in [6, 6.07) is 13.4. The Morgan fingerprint density at radius 2 is 1.90 bits per heavy atom. The number of nitrogens with zero attached hydrogens (tertiary/aromatic N) is 2. The minimum Gasteiger partial charge on any atom is -0.493 e. The van der Waals surface area contributed by atoms with E-state index in [1.54, 1.807) is 22.6 Å². The third kappa shape index (κ3) is 3.36. The van der Waals surface area contributed by atoms with Crippen molar-refractivity contribution in [3.63, 3.8) is 0 Å².